The lowest BCUT2D eigenvalue weighted by Crippen LogP contribution is -2.50. The standard InChI is InChI=1S/C22H24F2N2O4S/c1-16-7-8-17(2)20(15-16)31(28,29)26-13-11-25(12-14-26)21(27)10-9-18-5-3-4-6-19(18)30-22(23)24/h3-10,15,22H,11-14H2,1-2H3/b10-9+. The molecule has 31 heavy (non-hydrogen) atoms. The van der Waals surface area contributed by atoms with Crippen molar-refractivity contribution in [3.05, 3.63) is 65.2 Å². The Hall–Kier alpha value is -2.78. The summed E-state index contributed by atoms with van der Waals surface area (Å²) in [6.07, 6.45) is 2.70. The molecule has 0 bridgehead atoms. The molecule has 0 spiro atoms. The molecule has 1 amide bonds. The Bertz CT molecular complexity index is 1080. The number of hydrogen-bond donors (Lipinski definition) is 0. The number of para-hydroxylation sites is 1. The predicted molar refractivity (Wildman–Crippen MR) is 113 cm³/mol. The molecule has 6 nitrogen and oxygen atoms in total. The van der Waals surface area contributed by atoms with E-state index in [4.69, 9.17) is 0 Å². The van der Waals surface area contributed by atoms with Crippen LogP contribution in [0.3, 0.4) is 0 Å². The summed E-state index contributed by atoms with van der Waals surface area (Å²) in [6, 6.07) is 11.5. The third-order valence-electron chi connectivity index (χ3n) is 5.05. The van der Waals surface area contributed by atoms with E-state index < -0.39 is 16.6 Å². The Balaban J connectivity index is 1.65. The van der Waals surface area contributed by atoms with Gasteiger partial charge in [0.2, 0.25) is 15.9 Å². The summed E-state index contributed by atoms with van der Waals surface area (Å²) in [5.41, 5.74) is 1.89. The molecule has 2 aromatic carbocycles. The number of sulfonamides is 1. The van der Waals surface area contributed by atoms with Gasteiger partial charge in [0.15, 0.2) is 0 Å². The first-order valence-electron chi connectivity index (χ1n) is 9.77. The number of rotatable bonds is 6. The number of halogens is 2. The minimum atomic E-state index is -3.65. The van der Waals surface area contributed by atoms with Crippen LogP contribution >= 0.6 is 0 Å². The molecule has 0 atom stereocenters. The van der Waals surface area contributed by atoms with Crippen molar-refractivity contribution >= 4 is 22.0 Å². The maximum absolute atomic E-state index is 13.0. The fraction of sp³-hybridized carbons (Fsp3) is 0.318. The Kier molecular flexibility index (Phi) is 7.07. The Morgan fingerprint density at radius 1 is 1.06 bits per heavy atom. The smallest absolute Gasteiger partial charge is 0.387 e. The van der Waals surface area contributed by atoms with Crippen LogP contribution in [0.5, 0.6) is 5.75 Å². The summed E-state index contributed by atoms with van der Waals surface area (Å²) in [5.74, 6) is -0.346. The molecule has 166 valence electrons. The predicted octanol–water partition coefficient (Wildman–Crippen LogP) is 3.45. The van der Waals surface area contributed by atoms with E-state index in [0.29, 0.717) is 11.1 Å². The second-order valence-electron chi connectivity index (χ2n) is 7.25. The molecule has 2 aromatic rings. The van der Waals surface area contributed by atoms with E-state index in [9.17, 15) is 22.0 Å². The largest absolute Gasteiger partial charge is 0.434 e. The molecule has 1 saturated heterocycles. The normalized spacial score (nSPS) is 15.6. The van der Waals surface area contributed by atoms with Gasteiger partial charge in [0.25, 0.3) is 0 Å². The quantitative estimate of drug-likeness (QED) is 0.633. The van der Waals surface area contributed by atoms with Crippen molar-refractivity contribution in [2.45, 2.75) is 25.4 Å². The van der Waals surface area contributed by atoms with Gasteiger partial charge in [-0.1, -0.05) is 30.3 Å². The number of hydrogen-bond acceptors (Lipinski definition) is 4. The van der Waals surface area contributed by atoms with Crippen LogP contribution in [0.1, 0.15) is 16.7 Å². The summed E-state index contributed by atoms with van der Waals surface area (Å²) >= 11 is 0. The van der Waals surface area contributed by atoms with Gasteiger partial charge < -0.3 is 9.64 Å². The number of amides is 1. The SMILES string of the molecule is Cc1ccc(C)c(S(=O)(=O)N2CCN(C(=O)/C=C/c3ccccc3OC(F)F)CC2)c1. The number of carbonyl (C=O) groups excluding carboxylic acids is 1. The van der Waals surface area contributed by atoms with Gasteiger partial charge in [-0.05, 0) is 43.2 Å². The fourth-order valence-electron chi connectivity index (χ4n) is 3.36. The van der Waals surface area contributed by atoms with E-state index in [1.807, 2.05) is 13.0 Å². The van der Waals surface area contributed by atoms with Gasteiger partial charge in [0, 0.05) is 37.8 Å². The van der Waals surface area contributed by atoms with Crippen molar-refractivity contribution < 1.29 is 26.7 Å². The summed E-state index contributed by atoms with van der Waals surface area (Å²) in [5, 5.41) is 0. The molecule has 1 fully saturated rings. The Morgan fingerprint density at radius 2 is 1.74 bits per heavy atom. The van der Waals surface area contributed by atoms with E-state index in [1.165, 1.54) is 27.4 Å². The molecule has 0 saturated carbocycles. The first-order valence-corrected chi connectivity index (χ1v) is 11.2. The Labute approximate surface area is 180 Å². The van der Waals surface area contributed by atoms with E-state index in [2.05, 4.69) is 4.74 Å². The van der Waals surface area contributed by atoms with Gasteiger partial charge in [-0.3, -0.25) is 4.79 Å². The van der Waals surface area contributed by atoms with Crippen LogP contribution in [0.2, 0.25) is 0 Å². The second kappa shape index (κ2) is 9.57. The molecular formula is C22H24F2N2O4S. The average molecular weight is 451 g/mol. The molecule has 0 N–H and O–H groups in total. The molecule has 9 heteroatoms. The maximum Gasteiger partial charge on any atom is 0.387 e. The van der Waals surface area contributed by atoms with Crippen molar-refractivity contribution in [3.63, 3.8) is 0 Å². The lowest BCUT2D eigenvalue weighted by atomic mass is 10.2. The van der Waals surface area contributed by atoms with Crippen LogP contribution in [-0.2, 0) is 14.8 Å². The molecule has 0 radical (unpaired) electrons. The van der Waals surface area contributed by atoms with Crippen LogP contribution < -0.4 is 4.74 Å². The summed E-state index contributed by atoms with van der Waals surface area (Å²) in [6.45, 7) is 1.47. The van der Waals surface area contributed by atoms with Gasteiger partial charge in [-0.25, -0.2) is 8.42 Å². The van der Waals surface area contributed by atoms with Crippen molar-refractivity contribution in [3.8, 4) is 5.75 Å². The molecule has 1 heterocycles. The lowest BCUT2D eigenvalue weighted by Gasteiger charge is -2.33. The highest BCUT2D eigenvalue weighted by Gasteiger charge is 2.30. The van der Waals surface area contributed by atoms with E-state index >= 15 is 0 Å². The number of nitrogens with zero attached hydrogens (tertiary/aromatic N) is 2. The zero-order chi connectivity index (χ0) is 22.6. The third kappa shape index (κ3) is 5.48. The molecular weight excluding hydrogens is 426 g/mol. The van der Waals surface area contributed by atoms with Crippen molar-refractivity contribution in [1.29, 1.82) is 0 Å². The second-order valence-corrected chi connectivity index (χ2v) is 9.15. The highest BCUT2D eigenvalue weighted by molar-refractivity contribution is 7.89. The molecule has 1 aliphatic rings. The topological polar surface area (TPSA) is 66.9 Å². The highest BCUT2D eigenvalue weighted by Crippen LogP contribution is 2.23. The monoisotopic (exact) mass is 450 g/mol. The molecule has 3 rings (SSSR count). The summed E-state index contributed by atoms with van der Waals surface area (Å²) < 4.78 is 56.9. The van der Waals surface area contributed by atoms with Gasteiger partial charge in [-0.2, -0.15) is 13.1 Å². The first kappa shape index (κ1) is 22.9. The minimum absolute atomic E-state index is 0.0222. The van der Waals surface area contributed by atoms with E-state index in [0.717, 1.165) is 5.56 Å². The molecule has 0 aromatic heterocycles. The number of benzene rings is 2. The van der Waals surface area contributed by atoms with Crippen molar-refractivity contribution in [2.75, 3.05) is 26.2 Å². The fourth-order valence-corrected chi connectivity index (χ4v) is 5.09. The zero-order valence-corrected chi connectivity index (χ0v) is 18.1. The highest BCUT2D eigenvalue weighted by atomic mass is 32.2. The van der Waals surface area contributed by atoms with E-state index in [1.54, 1.807) is 37.3 Å². The zero-order valence-electron chi connectivity index (χ0n) is 17.3. The third-order valence-corrected chi connectivity index (χ3v) is 7.09. The molecule has 0 unspecified atom stereocenters. The van der Waals surface area contributed by atoms with Crippen LogP contribution in [0, 0.1) is 13.8 Å². The van der Waals surface area contributed by atoms with Crippen LogP contribution in [0.4, 0.5) is 8.78 Å². The molecule has 1 aliphatic heterocycles. The van der Waals surface area contributed by atoms with Gasteiger partial charge >= 0.3 is 6.61 Å². The van der Waals surface area contributed by atoms with E-state index in [-0.39, 0.29) is 42.7 Å². The van der Waals surface area contributed by atoms with Gasteiger partial charge in [0.1, 0.15) is 5.75 Å². The summed E-state index contributed by atoms with van der Waals surface area (Å²) in [4.78, 5) is 14.3. The number of ether oxygens (including phenoxy) is 1. The van der Waals surface area contributed by atoms with Gasteiger partial charge in [0.05, 0.1) is 4.90 Å². The molecule has 0 aliphatic carbocycles. The van der Waals surface area contributed by atoms with Crippen LogP contribution in [0.15, 0.2) is 53.4 Å². The van der Waals surface area contributed by atoms with Crippen LogP contribution in [-0.4, -0.2) is 56.3 Å². The summed E-state index contributed by atoms with van der Waals surface area (Å²) in [7, 11) is -3.65. The van der Waals surface area contributed by atoms with Gasteiger partial charge in [-0.15, -0.1) is 0 Å². The number of alkyl halides is 2. The Morgan fingerprint density at radius 3 is 2.42 bits per heavy atom. The number of aryl methyl sites for hydroxylation is 2. The number of piperazine rings is 1. The lowest BCUT2D eigenvalue weighted by molar-refractivity contribution is -0.127. The first-order chi connectivity index (χ1) is 14.7. The maximum atomic E-state index is 13.0. The number of carbonyl (C=O) groups is 1. The average Bonchev–Trinajstić information content (AvgIpc) is 2.74. The van der Waals surface area contributed by atoms with Crippen LogP contribution in [0.25, 0.3) is 6.08 Å². The van der Waals surface area contributed by atoms with Crippen molar-refractivity contribution in [2.24, 2.45) is 0 Å². The van der Waals surface area contributed by atoms with Crippen molar-refractivity contribution in [1.82, 2.24) is 9.21 Å². The minimum Gasteiger partial charge on any atom is -0.434 e.